The molecule has 3 rings (SSSR count). The highest BCUT2D eigenvalue weighted by molar-refractivity contribution is 5.64. The number of nitrogens with zero attached hydrogens (tertiary/aromatic N) is 1. The molecule has 1 heteroatoms. The van der Waals surface area contributed by atoms with E-state index in [9.17, 15) is 5.26 Å². The van der Waals surface area contributed by atoms with Gasteiger partial charge in [0.1, 0.15) is 0 Å². The summed E-state index contributed by atoms with van der Waals surface area (Å²) in [4.78, 5) is 0. The third-order valence-electron chi connectivity index (χ3n) is 6.74. The van der Waals surface area contributed by atoms with Crippen molar-refractivity contribution in [2.24, 2.45) is 11.8 Å². The summed E-state index contributed by atoms with van der Waals surface area (Å²) in [6.07, 6.45) is 8.06. The largest absolute Gasteiger partial charge is 0.197 e. The van der Waals surface area contributed by atoms with Crippen LogP contribution in [0.4, 0.5) is 0 Å². The molecule has 1 atom stereocenters. The van der Waals surface area contributed by atoms with Crippen molar-refractivity contribution in [3.05, 3.63) is 59.7 Å². The lowest BCUT2D eigenvalue weighted by Crippen LogP contribution is -2.30. The number of aryl methyl sites for hydroxylation is 1. The molecule has 0 amide bonds. The Morgan fingerprint density at radius 2 is 1.52 bits per heavy atom. The van der Waals surface area contributed by atoms with Crippen molar-refractivity contribution in [1.82, 2.24) is 0 Å². The van der Waals surface area contributed by atoms with Gasteiger partial charge in [0.2, 0.25) is 0 Å². The van der Waals surface area contributed by atoms with Crippen LogP contribution in [0.1, 0.15) is 70.4 Å². The molecular formula is C26H33N. The molecule has 0 bridgehead atoms. The number of benzene rings is 2. The van der Waals surface area contributed by atoms with Gasteiger partial charge in [-0.3, -0.25) is 0 Å². The van der Waals surface area contributed by atoms with Gasteiger partial charge in [0.05, 0.1) is 11.5 Å². The molecule has 0 radical (unpaired) electrons. The summed E-state index contributed by atoms with van der Waals surface area (Å²) in [5, 5.41) is 10.0. The van der Waals surface area contributed by atoms with Gasteiger partial charge in [0.25, 0.3) is 0 Å². The summed E-state index contributed by atoms with van der Waals surface area (Å²) >= 11 is 0. The Morgan fingerprint density at radius 1 is 0.963 bits per heavy atom. The van der Waals surface area contributed by atoms with E-state index in [4.69, 9.17) is 0 Å². The molecule has 0 aromatic heterocycles. The van der Waals surface area contributed by atoms with Crippen molar-refractivity contribution in [1.29, 1.82) is 5.26 Å². The van der Waals surface area contributed by atoms with Gasteiger partial charge in [-0.2, -0.15) is 5.26 Å². The Bertz CT molecular complexity index is 755. The summed E-state index contributed by atoms with van der Waals surface area (Å²) < 4.78 is 0. The van der Waals surface area contributed by atoms with Crippen LogP contribution in [0.2, 0.25) is 0 Å². The molecule has 0 spiro atoms. The zero-order chi connectivity index (χ0) is 19.3. The number of nitriles is 1. The van der Waals surface area contributed by atoms with Crippen molar-refractivity contribution in [2.75, 3.05) is 0 Å². The molecule has 1 saturated carbocycles. The average molecular weight is 360 g/mol. The van der Waals surface area contributed by atoms with Crippen LogP contribution >= 0.6 is 0 Å². The maximum Gasteiger partial charge on any atom is 0.0822 e. The highest BCUT2D eigenvalue weighted by atomic mass is 14.4. The Morgan fingerprint density at radius 3 is 2.00 bits per heavy atom. The second-order valence-corrected chi connectivity index (χ2v) is 8.51. The predicted octanol–water partition coefficient (Wildman–Crippen LogP) is 7.30. The second-order valence-electron chi connectivity index (χ2n) is 8.51. The summed E-state index contributed by atoms with van der Waals surface area (Å²) in [6, 6.07) is 20.3. The maximum absolute atomic E-state index is 10.0. The smallest absolute Gasteiger partial charge is 0.0822 e. The molecule has 1 nitrogen and oxygen atoms in total. The van der Waals surface area contributed by atoms with E-state index in [1.165, 1.54) is 47.9 Å². The van der Waals surface area contributed by atoms with E-state index in [2.05, 4.69) is 75.4 Å². The van der Waals surface area contributed by atoms with Crippen molar-refractivity contribution in [3.63, 3.8) is 0 Å². The third kappa shape index (κ3) is 4.44. The molecule has 27 heavy (non-hydrogen) atoms. The lowest BCUT2D eigenvalue weighted by molar-refractivity contribution is 0.241. The van der Waals surface area contributed by atoms with Crippen LogP contribution in [0.3, 0.4) is 0 Å². The number of hydrogen-bond acceptors (Lipinski definition) is 1. The monoisotopic (exact) mass is 359 g/mol. The summed E-state index contributed by atoms with van der Waals surface area (Å²) in [5.74, 6) is 1.61. The first-order valence-corrected chi connectivity index (χ1v) is 10.7. The van der Waals surface area contributed by atoms with Gasteiger partial charge in [-0.05, 0) is 72.6 Å². The molecule has 1 unspecified atom stereocenters. The van der Waals surface area contributed by atoms with Gasteiger partial charge in [-0.1, -0.05) is 75.7 Å². The Hall–Kier alpha value is -2.07. The van der Waals surface area contributed by atoms with Gasteiger partial charge in [-0.15, -0.1) is 0 Å². The van der Waals surface area contributed by atoms with Crippen LogP contribution in [-0.2, 0) is 11.8 Å². The van der Waals surface area contributed by atoms with E-state index >= 15 is 0 Å². The first-order chi connectivity index (χ1) is 13.1. The topological polar surface area (TPSA) is 23.8 Å². The third-order valence-corrected chi connectivity index (χ3v) is 6.74. The van der Waals surface area contributed by atoms with E-state index in [-0.39, 0.29) is 5.41 Å². The molecule has 0 aliphatic heterocycles. The molecule has 1 fully saturated rings. The van der Waals surface area contributed by atoms with Crippen LogP contribution in [0.5, 0.6) is 0 Å². The SMILES string of the molecule is CCc1ccc(-c2ccc(C3(C#N)CCC(CC(C)CC)CC3)cc2)cc1. The first kappa shape index (κ1) is 19.7. The molecule has 142 valence electrons. The zero-order valence-electron chi connectivity index (χ0n) is 17.2. The van der Waals surface area contributed by atoms with Gasteiger partial charge in [0.15, 0.2) is 0 Å². The Kier molecular flexibility index (Phi) is 6.38. The number of rotatable bonds is 6. The first-order valence-electron chi connectivity index (χ1n) is 10.7. The molecule has 0 heterocycles. The lowest BCUT2D eigenvalue weighted by Gasteiger charge is -2.36. The highest BCUT2D eigenvalue weighted by Crippen LogP contribution is 2.43. The van der Waals surface area contributed by atoms with Gasteiger partial charge < -0.3 is 0 Å². The Labute approximate surface area is 165 Å². The lowest BCUT2D eigenvalue weighted by atomic mass is 9.66. The molecule has 0 N–H and O–H groups in total. The number of hydrogen-bond donors (Lipinski definition) is 0. The van der Waals surface area contributed by atoms with Gasteiger partial charge in [0, 0.05) is 0 Å². The summed E-state index contributed by atoms with van der Waals surface area (Å²) in [7, 11) is 0. The molecule has 1 aliphatic rings. The fourth-order valence-electron chi connectivity index (χ4n) is 4.52. The summed E-state index contributed by atoms with van der Waals surface area (Å²) in [6.45, 7) is 6.82. The van der Waals surface area contributed by atoms with Crippen molar-refractivity contribution in [2.45, 2.75) is 71.1 Å². The van der Waals surface area contributed by atoms with Crippen molar-refractivity contribution >= 4 is 0 Å². The van der Waals surface area contributed by atoms with Crippen LogP contribution < -0.4 is 0 Å². The fraction of sp³-hybridized carbons (Fsp3) is 0.500. The normalized spacial score (nSPS) is 23.6. The van der Waals surface area contributed by atoms with Crippen LogP contribution in [0.15, 0.2) is 48.5 Å². The Balaban J connectivity index is 1.72. The van der Waals surface area contributed by atoms with Crippen LogP contribution in [-0.4, -0.2) is 0 Å². The zero-order valence-corrected chi connectivity index (χ0v) is 17.2. The molecule has 2 aromatic rings. The fourth-order valence-corrected chi connectivity index (χ4v) is 4.52. The minimum Gasteiger partial charge on any atom is -0.197 e. The summed E-state index contributed by atoms with van der Waals surface area (Å²) in [5.41, 5.74) is 4.78. The van der Waals surface area contributed by atoms with Crippen LogP contribution in [0.25, 0.3) is 11.1 Å². The second kappa shape index (κ2) is 8.75. The van der Waals surface area contributed by atoms with Crippen LogP contribution in [0, 0.1) is 23.2 Å². The van der Waals surface area contributed by atoms with Crippen molar-refractivity contribution < 1.29 is 0 Å². The van der Waals surface area contributed by atoms with Gasteiger partial charge in [-0.25, -0.2) is 0 Å². The molecule has 0 saturated heterocycles. The predicted molar refractivity (Wildman–Crippen MR) is 115 cm³/mol. The van der Waals surface area contributed by atoms with E-state index in [1.54, 1.807) is 0 Å². The van der Waals surface area contributed by atoms with E-state index in [0.717, 1.165) is 31.1 Å². The molecule has 2 aromatic carbocycles. The van der Waals surface area contributed by atoms with E-state index in [0.29, 0.717) is 0 Å². The molecule has 1 aliphatic carbocycles. The minimum atomic E-state index is -0.281. The average Bonchev–Trinajstić information content (AvgIpc) is 2.74. The highest BCUT2D eigenvalue weighted by Gasteiger charge is 2.37. The van der Waals surface area contributed by atoms with Gasteiger partial charge >= 0.3 is 0 Å². The standard InChI is InChI=1S/C26H33N/c1-4-20(3)18-22-14-16-26(19-27,17-15-22)25-12-10-24(11-13-25)23-8-6-21(5-2)7-9-23/h6-13,20,22H,4-5,14-18H2,1-3H3. The quantitative estimate of drug-likeness (QED) is 0.530. The van der Waals surface area contributed by atoms with E-state index in [1.807, 2.05) is 0 Å². The minimum absolute atomic E-state index is 0.281. The van der Waals surface area contributed by atoms with Crippen molar-refractivity contribution in [3.8, 4) is 17.2 Å². The van der Waals surface area contributed by atoms with E-state index < -0.39 is 0 Å². The molecular weight excluding hydrogens is 326 g/mol. The maximum atomic E-state index is 10.0.